The van der Waals surface area contributed by atoms with E-state index in [9.17, 15) is 31.3 Å². The minimum atomic E-state index is -4.33. The minimum absolute atomic E-state index is 0.733. The molecule has 0 atom stereocenters. The number of nitrogens with zero attached hydrogens (tertiary/aromatic N) is 1. The summed E-state index contributed by atoms with van der Waals surface area (Å²) in [7, 11) is -8.38. The second-order valence-corrected chi connectivity index (χ2v) is 7.34. The lowest BCUT2D eigenvalue weighted by atomic mass is 10.3. The predicted molar refractivity (Wildman–Crippen MR) is 63.1 cm³/mol. The fraction of sp³-hybridized carbons (Fsp3) is 0.250. The number of benzene rings is 1. The Morgan fingerprint density at radius 1 is 1.21 bits per heavy atom. The molecule has 0 aliphatic rings. The first-order valence-electron chi connectivity index (χ1n) is 4.71. The average molecular weight is 312 g/mol. The van der Waals surface area contributed by atoms with Gasteiger partial charge in [-0.15, -0.1) is 0 Å². The van der Waals surface area contributed by atoms with Gasteiger partial charge in [-0.2, -0.15) is 4.39 Å². The standard InChI is InChI=1S/C8H9FN2O6S2/c9-6-2-1-3-7(8(6)11(12)13)18(14,15)4-5-19(10,16)17/h1-3H,4-5H2,(H2,10,16,17). The van der Waals surface area contributed by atoms with Crippen molar-refractivity contribution in [1.29, 1.82) is 0 Å². The lowest BCUT2D eigenvalue weighted by Crippen LogP contribution is -2.23. The molecule has 0 amide bonds. The highest BCUT2D eigenvalue weighted by atomic mass is 32.2. The number of sulfonamides is 1. The Balaban J connectivity index is 3.30. The van der Waals surface area contributed by atoms with E-state index in [1.807, 2.05) is 0 Å². The quantitative estimate of drug-likeness (QED) is 0.590. The SMILES string of the molecule is NS(=O)(=O)CCS(=O)(=O)c1cccc(F)c1[N+](=O)[O-]. The zero-order valence-electron chi connectivity index (χ0n) is 9.31. The van der Waals surface area contributed by atoms with E-state index in [-0.39, 0.29) is 0 Å². The van der Waals surface area contributed by atoms with Gasteiger partial charge in [-0.05, 0) is 12.1 Å². The summed E-state index contributed by atoms with van der Waals surface area (Å²) < 4.78 is 58.2. The van der Waals surface area contributed by atoms with E-state index in [1.54, 1.807) is 0 Å². The van der Waals surface area contributed by atoms with Crippen LogP contribution in [0.3, 0.4) is 0 Å². The number of halogens is 1. The predicted octanol–water partition coefficient (Wildman–Crippen LogP) is -0.204. The van der Waals surface area contributed by atoms with Gasteiger partial charge in [0, 0.05) is 0 Å². The van der Waals surface area contributed by atoms with Gasteiger partial charge < -0.3 is 0 Å². The van der Waals surface area contributed by atoms with Gasteiger partial charge in [0.05, 0.1) is 16.4 Å². The lowest BCUT2D eigenvalue weighted by molar-refractivity contribution is -0.390. The number of primary sulfonamides is 1. The van der Waals surface area contributed by atoms with Crippen molar-refractivity contribution in [3.05, 3.63) is 34.1 Å². The van der Waals surface area contributed by atoms with Crippen molar-refractivity contribution >= 4 is 25.5 Å². The zero-order valence-corrected chi connectivity index (χ0v) is 10.9. The van der Waals surface area contributed by atoms with Gasteiger partial charge in [0.15, 0.2) is 9.84 Å². The van der Waals surface area contributed by atoms with E-state index < -0.39 is 52.7 Å². The van der Waals surface area contributed by atoms with Crippen LogP contribution in [0.5, 0.6) is 0 Å². The monoisotopic (exact) mass is 312 g/mol. The molecule has 11 heteroatoms. The van der Waals surface area contributed by atoms with E-state index in [2.05, 4.69) is 5.14 Å². The number of rotatable bonds is 5. The van der Waals surface area contributed by atoms with Crippen molar-refractivity contribution < 1.29 is 26.1 Å². The van der Waals surface area contributed by atoms with Crippen LogP contribution in [-0.4, -0.2) is 33.3 Å². The molecular weight excluding hydrogens is 303 g/mol. The average Bonchev–Trinajstić information content (AvgIpc) is 2.25. The van der Waals surface area contributed by atoms with Crippen LogP contribution in [0.15, 0.2) is 23.1 Å². The van der Waals surface area contributed by atoms with Crippen molar-refractivity contribution in [1.82, 2.24) is 0 Å². The molecule has 0 aliphatic heterocycles. The van der Waals surface area contributed by atoms with Gasteiger partial charge in [-0.1, -0.05) is 6.07 Å². The van der Waals surface area contributed by atoms with Crippen LogP contribution < -0.4 is 5.14 Å². The van der Waals surface area contributed by atoms with Crippen LogP contribution >= 0.6 is 0 Å². The van der Waals surface area contributed by atoms with Crippen LogP contribution in [0.4, 0.5) is 10.1 Å². The number of para-hydroxylation sites is 1. The molecule has 8 nitrogen and oxygen atoms in total. The summed E-state index contributed by atoms with van der Waals surface area (Å²) in [6.45, 7) is 0. The van der Waals surface area contributed by atoms with Crippen LogP contribution in [0.25, 0.3) is 0 Å². The third-order valence-electron chi connectivity index (χ3n) is 2.10. The zero-order chi connectivity index (χ0) is 14.8. The molecule has 1 aromatic carbocycles. The van der Waals surface area contributed by atoms with Gasteiger partial charge in [-0.25, -0.2) is 22.0 Å². The normalized spacial score (nSPS) is 12.3. The van der Waals surface area contributed by atoms with Gasteiger partial charge in [-0.3, -0.25) is 10.1 Å². The first-order valence-corrected chi connectivity index (χ1v) is 8.07. The summed E-state index contributed by atoms with van der Waals surface area (Å²) >= 11 is 0. The maximum atomic E-state index is 13.3. The molecule has 0 spiro atoms. The second kappa shape index (κ2) is 5.19. The van der Waals surface area contributed by atoms with Crippen molar-refractivity contribution in [2.45, 2.75) is 4.90 Å². The van der Waals surface area contributed by atoms with Gasteiger partial charge in [0.1, 0.15) is 4.90 Å². The largest absolute Gasteiger partial charge is 0.323 e. The van der Waals surface area contributed by atoms with E-state index in [0.29, 0.717) is 0 Å². The molecule has 0 saturated heterocycles. The molecule has 106 valence electrons. The molecular formula is C8H9FN2O6S2. The summed E-state index contributed by atoms with van der Waals surface area (Å²) in [6, 6.07) is 2.54. The maximum absolute atomic E-state index is 13.3. The first kappa shape index (κ1) is 15.5. The van der Waals surface area contributed by atoms with Gasteiger partial charge in [0.25, 0.3) is 0 Å². The fourth-order valence-corrected chi connectivity index (χ4v) is 4.04. The molecule has 0 bridgehead atoms. The van der Waals surface area contributed by atoms with Crippen LogP contribution in [0.2, 0.25) is 0 Å². The molecule has 0 fully saturated rings. The molecule has 0 aromatic heterocycles. The topological polar surface area (TPSA) is 137 Å². The summed E-state index contributed by atoms with van der Waals surface area (Å²) in [5.74, 6) is -3.19. The van der Waals surface area contributed by atoms with Crippen molar-refractivity contribution in [3.8, 4) is 0 Å². The summed E-state index contributed by atoms with van der Waals surface area (Å²) in [5.41, 5.74) is -1.21. The summed E-state index contributed by atoms with van der Waals surface area (Å²) in [5, 5.41) is 15.3. The molecule has 2 N–H and O–H groups in total. The molecule has 0 unspecified atom stereocenters. The number of nitro groups is 1. The summed E-state index contributed by atoms with van der Waals surface area (Å²) in [6.07, 6.45) is 0. The number of hydrogen-bond acceptors (Lipinski definition) is 6. The molecule has 0 saturated carbocycles. The van der Waals surface area contributed by atoms with Crippen molar-refractivity contribution in [2.24, 2.45) is 5.14 Å². The Hall–Kier alpha value is -1.59. The van der Waals surface area contributed by atoms with Gasteiger partial charge in [0.2, 0.25) is 15.8 Å². The Labute approximate surface area is 108 Å². The molecule has 0 heterocycles. The Morgan fingerprint density at radius 2 is 1.79 bits per heavy atom. The first-order chi connectivity index (χ1) is 8.54. The number of hydrogen-bond donors (Lipinski definition) is 1. The van der Waals surface area contributed by atoms with Crippen molar-refractivity contribution in [3.63, 3.8) is 0 Å². The minimum Gasteiger partial charge on any atom is -0.258 e. The number of nitrogens with two attached hydrogens (primary N) is 1. The second-order valence-electron chi connectivity index (χ2n) is 3.53. The van der Waals surface area contributed by atoms with E-state index >= 15 is 0 Å². The smallest absolute Gasteiger partial charge is 0.258 e. The third kappa shape index (κ3) is 3.94. The van der Waals surface area contributed by atoms with E-state index in [4.69, 9.17) is 0 Å². The highest BCUT2D eigenvalue weighted by Gasteiger charge is 2.29. The Bertz CT molecular complexity index is 713. The number of nitro benzene ring substituents is 1. The molecule has 0 aliphatic carbocycles. The van der Waals surface area contributed by atoms with Crippen LogP contribution in [-0.2, 0) is 19.9 Å². The molecule has 1 aromatic rings. The lowest BCUT2D eigenvalue weighted by Gasteiger charge is -2.05. The Morgan fingerprint density at radius 3 is 2.26 bits per heavy atom. The maximum Gasteiger partial charge on any atom is 0.323 e. The van der Waals surface area contributed by atoms with Crippen molar-refractivity contribution in [2.75, 3.05) is 11.5 Å². The fourth-order valence-electron chi connectivity index (χ4n) is 1.26. The number of sulfone groups is 1. The third-order valence-corrected chi connectivity index (χ3v) is 4.88. The van der Waals surface area contributed by atoms with Gasteiger partial charge >= 0.3 is 5.69 Å². The highest BCUT2D eigenvalue weighted by molar-refractivity contribution is 7.94. The summed E-state index contributed by atoms with van der Waals surface area (Å²) in [4.78, 5) is 8.59. The molecule has 19 heavy (non-hydrogen) atoms. The van der Waals surface area contributed by atoms with Crippen LogP contribution in [0.1, 0.15) is 0 Å². The van der Waals surface area contributed by atoms with E-state index in [0.717, 1.165) is 18.2 Å². The highest BCUT2D eigenvalue weighted by Crippen LogP contribution is 2.27. The van der Waals surface area contributed by atoms with Crippen LogP contribution in [0, 0.1) is 15.9 Å². The van der Waals surface area contributed by atoms with E-state index in [1.165, 1.54) is 0 Å². The molecule has 0 radical (unpaired) electrons. The molecule has 1 rings (SSSR count). The Kier molecular flexibility index (Phi) is 4.22.